The van der Waals surface area contributed by atoms with E-state index in [1.807, 2.05) is 16.7 Å². The van der Waals surface area contributed by atoms with Crippen molar-refractivity contribution in [3.05, 3.63) is 0 Å². The van der Waals surface area contributed by atoms with Crippen molar-refractivity contribution in [2.24, 2.45) is 0 Å². The Labute approximate surface area is 81.2 Å². The van der Waals surface area contributed by atoms with Crippen LogP contribution in [0.15, 0.2) is 0 Å². The molecule has 1 atom stereocenters. The van der Waals surface area contributed by atoms with Gasteiger partial charge in [-0.1, -0.05) is 0 Å². The van der Waals surface area contributed by atoms with Crippen LogP contribution in [0, 0.1) is 0 Å². The van der Waals surface area contributed by atoms with Gasteiger partial charge in [0, 0.05) is 12.3 Å². The summed E-state index contributed by atoms with van der Waals surface area (Å²) in [6.07, 6.45) is 1.51. The molecular formula is C6H11NO4S2. The molecule has 2 aliphatic rings. The lowest BCUT2D eigenvalue weighted by Crippen LogP contribution is -2.46. The Hall–Kier alpha value is -0.270. The van der Waals surface area contributed by atoms with Crippen LogP contribution in [0.1, 0.15) is 6.42 Å². The van der Waals surface area contributed by atoms with Crippen LogP contribution in [0.3, 0.4) is 0 Å². The molecule has 76 valence electrons. The van der Waals surface area contributed by atoms with Gasteiger partial charge in [0.05, 0.1) is 18.1 Å². The predicted molar refractivity (Wildman–Crippen MR) is 50.0 cm³/mol. The van der Waals surface area contributed by atoms with Crippen LogP contribution in [0.25, 0.3) is 0 Å². The highest BCUT2D eigenvalue weighted by atomic mass is 32.2. The predicted octanol–water partition coefficient (Wildman–Crippen LogP) is -0.204. The molecule has 0 aliphatic carbocycles. The third-order valence-electron chi connectivity index (χ3n) is 1.66. The normalized spacial score (nSPS) is 25.8. The lowest BCUT2D eigenvalue weighted by Gasteiger charge is -2.32. The number of fused-ring (bicyclic) bond motifs is 1. The third kappa shape index (κ3) is 3.53. The first-order valence-electron chi connectivity index (χ1n) is 3.71. The lowest BCUT2D eigenvalue weighted by molar-refractivity contribution is -0.140. The third-order valence-corrected chi connectivity index (χ3v) is 2.88. The molecule has 2 fully saturated rings. The van der Waals surface area contributed by atoms with E-state index in [9.17, 15) is 13.2 Å². The van der Waals surface area contributed by atoms with Crippen LogP contribution in [-0.4, -0.2) is 47.7 Å². The lowest BCUT2D eigenvalue weighted by atomic mass is 10.2. The Bertz CT molecular complexity index is 292. The molecule has 0 saturated carbocycles. The summed E-state index contributed by atoms with van der Waals surface area (Å²) in [6.45, 7) is 0.994. The molecular weight excluding hydrogens is 214 g/mol. The van der Waals surface area contributed by atoms with E-state index in [1.54, 1.807) is 0 Å². The molecule has 0 unspecified atom stereocenters. The first kappa shape index (κ1) is 10.8. The fourth-order valence-electron chi connectivity index (χ4n) is 1.13. The molecule has 1 amide bonds. The van der Waals surface area contributed by atoms with Crippen molar-refractivity contribution in [1.82, 2.24) is 4.90 Å². The van der Waals surface area contributed by atoms with Gasteiger partial charge in [0.1, 0.15) is 0 Å². The summed E-state index contributed by atoms with van der Waals surface area (Å²) in [5.41, 5.74) is 0. The number of amides is 1. The summed E-state index contributed by atoms with van der Waals surface area (Å²) in [5.74, 6) is 1.50. The van der Waals surface area contributed by atoms with Gasteiger partial charge in [-0.25, -0.2) is 0 Å². The molecule has 13 heavy (non-hydrogen) atoms. The Morgan fingerprint density at radius 1 is 1.62 bits per heavy atom. The zero-order valence-electron chi connectivity index (χ0n) is 7.13. The number of rotatable bonds is 0. The van der Waals surface area contributed by atoms with E-state index in [1.165, 1.54) is 0 Å². The van der Waals surface area contributed by atoms with E-state index in [2.05, 4.69) is 0 Å². The molecule has 0 spiro atoms. The van der Waals surface area contributed by atoms with E-state index < -0.39 is 10.1 Å². The van der Waals surface area contributed by atoms with Crippen molar-refractivity contribution in [1.29, 1.82) is 0 Å². The number of carbonyl (C=O) groups excluding carboxylic acids is 1. The van der Waals surface area contributed by atoms with Crippen LogP contribution < -0.4 is 0 Å². The smallest absolute Gasteiger partial charge is 0.261 e. The first-order valence-corrected chi connectivity index (χ1v) is 6.61. The van der Waals surface area contributed by atoms with Crippen LogP contribution in [-0.2, 0) is 14.9 Å². The molecule has 2 saturated heterocycles. The maximum atomic E-state index is 10.6. The van der Waals surface area contributed by atoms with Crippen molar-refractivity contribution < 1.29 is 17.8 Å². The van der Waals surface area contributed by atoms with Crippen LogP contribution in [0.2, 0.25) is 0 Å². The number of nitrogens with zero attached hydrogens (tertiary/aromatic N) is 1. The van der Waals surface area contributed by atoms with E-state index in [4.69, 9.17) is 4.55 Å². The van der Waals surface area contributed by atoms with Crippen LogP contribution in [0.4, 0.5) is 0 Å². The highest BCUT2D eigenvalue weighted by molar-refractivity contribution is 8.00. The highest BCUT2D eigenvalue weighted by Gasteiger charge is 2.39. The zero-order chi connectivity index (χ0) is 10.1. The van der Waals surface area contributed by atoms with Crippen molar-refractivity contribution in [2.45, 2.75) is 11.8 Å². The monoisotopic (exact) mass is 225 g/mol. The van der Waals surface area contributed by atoms with E-state index in [-0.39, 0.29) is 0 Å². The van der Waals surface area contributed by atoms with Gasteiger partial charge in [0.25, 0.3) is 10.1 Å². The molecule has 2 heterocycles. The van der Waals surface area contributed by atoms with E-state index in [0.717, 1.165) is 18.7 Å². The number of β-lactam (4-membered cyclic amide) rings is 1. The van der Waals surface area contributed by atoms with Gasteiger partial charge in [-0.15, -0.1) is 11.8 Å². The Balaban J connectivity index is 0.000000149. The molecule has 2 aliphatic heterocycles. The van der Waals surface area contributed by atoms with Crippen LogP contribution >= 0.6 is 11.8 Å². The van der Waals surface area contributed by atoms with Gasteiger partial charge in [0.15, 0.2) is 0 Å². The molecule has 1 N–H and O–H groups in total. The number of carbonyl (C=O) groups is 1. The van der Waals surface area contributed by atoms with Crippen molar-refractivity contribution >= 4 is 27.8 Å². The number of hydrogen-bond donors (Lipinski definition) is 1. The summed E-state index contributed by atoms with van der Waals surface area (Å²) in [6, 6.07) is 0. The fourth-order valence-corrected chi connectivity index (χ4v) is 2.37. The van der Waals surface area contributed by atoms with Gasteiger partial charge < -0.3 is 4.90 Å². The van der Waals surface area contributed by atoms with Crippen molar-refractivity contribution in [3.8, 4) is 0 Å². The number of hydrogen-bond acceptors (Lipinski definition) is 4. The Morgan fingerprint density at radius 2 is 2.15 bits per heavy atom. The second kappa shape index (κ2) is 3.85. The zero-order valence-corrected chi connectivity index (χ0v) is 8.77. The van der Waals surface area contributed by atoms with Gasteiger partial charge in [-0.3, -0.25) is 9.35 Å². The molecule has 0 aromatic carbocycles. The summed E-state index contributed by atoms with van der Waals surface area (Å²) in [5, 5.41) is 0.572. The van der Waals surface area contributed by atoms with Gasteiger partial charge >= 0.3 is 0 Å². The largest absolute Gasteiger partial charge is 0.329 e. The highest BCUT2D eigenvalue weighted by Crippen LogP contribution is 2.34. The molecule has 0 radical (unpaired) electrons. The maximum absolute atomic E-state index is 10.6. The minimum Gasteiger partial charge on any atom is -0.329 e. The maximum Gasteiger partial charge on any atom is 0.261 e. The van der Waals surface area contributed by atoms with E-state index in [0.29, 0.717) is 17.5 Å². The first-order chi connectivity index (χ1) is 5.88. The fraction of sp³-hybridized carbons (Fsp3) is 0.833. The standard InChI is InChI=1S/C5H7NOS.CH4O3S/c7-4-3-5-6(4)1-2-8-5;1-5(2,3)4/h5H,1-3H2;1H3,(H,2,3,4)/t5-;/m1./s1. The van der Waals surface area contributed by atoms with Gasteiger partial charge in [0.2, 0.25) is 5.91 Å². The quantitative estimate of drug-likeness (QED) is 0.456. The van der Waals surface area contributed by atoms with Crippen molar-refractivity contribution in [2.75, 3.05) is 18.6 Å². The molecule has 5 nitrogen and oxygen atoms in total. The Kier molecular flexibility index (Phi) is 3.20. The topological polar surface area (TPSA) is 74.7 Å². The summed E-state index contributed by atoms with van der Waals surface area (Å²) in [7, 11) is -3.67. The van der Waals surface area contributed by atoms with Gasteiger partial charge in [-0.2, -0.15) is 8.42 Å². The SMILES string of the molecule is CS(=O)(=O)O.O=C1C[C@H]2SCCN12. The molecule has 0 aromatic rings. The van der Waals surface area contributed by atoms with Crippen LogP contribution in [0.5, 0.6) is 0 Å². The minimum atomic E-state index is -3.67. The summed E-state index contributed by atoms with van der Waals surface area (Å²) < 4.78 is 25.9. The molecule has 0 bridgehead atoms. The second-order valence-electron chi connectivity index (χ2n) is 2.85. The molecule has 2 rings (SSSR count). The molecule has 7 heteroatoms. The van der Waals surface area contributed by atoms with E-state index >= 15 is 0 Å². The van der Waals surface area contributed by atoms with Crippen molar-refractivity contribution in [3.63, 3.8) is 0 Å². The number of thioether (sulfide) groups is 1. The second-order valence-corrected chi connectivity index (χ2v) is 5.60. The summed E-state index contributed by atoms with van der Waals surface area (Å²) >= 11 is 1.90. The summed E-state index contributed by atoms with van der Waals surface area (Å²) in [4.78, 5) is 12.6. The van der Waals surface area contributed by atoms with Gasteiger partial charge in [-0.05, 0) is 0 Å². The Morgan fingerprint density at radius 3 is 2.46 bits per heavy atom. The molecule has 0 aromatic heterocycles. The average Bonchev–Trinajstić information content (AvgIpc) is 2.26. The average molecular weight is 225 g/mol. The minimum absolute atomic E-state index is 0.347.